The van der Waals surface area contributed by atoms with E-state index in [1.54, 1.807) is 23.6 Å². The van der Waals surface area contributed by atoms with Gasteiger partial charge in [-0.15, -0.1) is 11.3 Å². The summed E-state index contributed by atoms with van der Waals surface area (Å²) in [5, 5.41) is 2.88. The van der Waals surface area contributed by atoms with Gasteiger partial charge < -0.3 is 0 Å². The zero-order valence-electron chi connectivity index (χ0n) is 13.4. The average Bonchev–Trinajstić information content (AvgIpc) is 3.17. The zero-order valence-corrected chi connectivity index (χ0v) is 15.8. The van der Waals surface area contributed by atoms with Crippen molar-refractivity contribution in [2.75, 3.05) is 26.2 Å². The molecule has 0 atom stereocenters. The van der Waals surface area contributed by atoms with E-state index in [9.17, 15) is 16.8 Å². The maximum absolute atomic E-state index is 12.5. The summed E-state index contributed by atoms with van der Waals surface area (Å²) in [6, 6.07) is 12.4. The van der Waals surface area contributed by atoms with Crippen LogP contribution in [0.1, 0.15) is 5.56 Å². The summed E-state index contributed by atoms with van der Waals surface area (Å²) >= 11 is 1.16. The summed E-state index contributed by atoms with van der Waals surface area (Å²) < 4.78 is 52.7. The summed E-state index contributed by atoms with van der Waals surface area (Å²) in [6.45, 7) is 0.593. The second-order valence-corrected chi connectivity index (χ2v) is 10.4. The maximum atomic E-state index is 12.5. The third-order valence-electron chi connectivity index (χ3n) is 3.88. The number of hydrogen-bond acceptors (Lipinski definition) is 5. The Morgan fingerprint density at radius 3 is 2.08 bits per heavy atom. The predicted octanol–water partition coefficient (Wildman–Crippen LogP) is 2.06. The molecule has 2 aromatic rings. The Hall–Kier alpha value is -1.52. The zero-order chi connectivity index (χ0) is 17.9. The Morgan fingerprint density at radius 2 is 1.48 bits per heavy atom. The van der Waals surface area contributed by atoms with Crippen LogP contribution < -0.4 is 0 Å². The molecular formula is C16H18N2O4S3. The average molecular weight is 399 g/mol. The van der Waals surface area contributed by atoms with Crippen molar-refractivity contribution >= 4 is 37.5 Å². The summed E-state index contributed by atoms with van der Waals surface area (Å²) in [4.78, 5) is 0. The van der Waals surface area contributed by atoms with Crippen LogP contribution >= 0.6 is 11.3 Å². The third kappa shape index (κ3) is 4.18. The fourth-order valence-electron chi connectivity index (χ4n) is 2.52. The Bertz CT molecular complexity index is 929. The van der Waals surface area contributed by atoms with Crippen LogP contribution in [0.5, 0.6) is 0 Å². The molecular weight excluding hydrogens is 380 g/mol. The van der Waals surface area contributed by atoms with Crippen LogP contribution in [0.25, 0.3) is 6.08 Å². The lowest BCUT2D eigenvalue weighted by Gasteiger charge is -2.32. The van der Waals surface area contributed by atoms with Crippen molar-refractivity contribution in [3.8, 4) is 0 Å². The molecule has 0 saturated carbocycles. The van der Waals surface area contributed by atoms with E-state index >= 15 is 0 Å². The second-order valence-electron chi connectivity index (χ2n) is 5.49. The van der Waals surface area contributed by atoms with Crippen LogP contribution in [0.3, 0.4) is 0 Å². The van der Waals surface area contributed by atoms with Gasteiger partial charge in [0.25, 0.3) is 10.0 Å². The minimum atomic E-state index is -3.57. The van der Waals surface area contributed by atoms with Crippen molar-refractivity contribution < 1.29 is 16.8 Å². The molecule has 1 fully saturated rings. The van der Waals surface area contributed by atoms with Crippen LogP contribution in [0.4, 0.5) is 0 Å². The van der Waals surface area contributed by atoms with Gasteiger partial charge in [-0.1, -0.05) is 36.4 Å². The fraction of sp³-hybridized carbons (Fsp3) is 0.250. The van der Waals surface area contributed by atoms with E-state index in [0.29, 0.717) is 0 Å². The molecule has 1 aromatic heterocycles. The van der Waals surface area contributed by atoms with Crippen LogP contribution in [0.15, 0.2) is 57.5 Å². The Balaban J connectivity index is 1.66. The van der Waals surface area contributed by atoms with Crippen LogP contribution in [0, 0.1) is 0 Å². The summed E-state index contributed by atoms with van der Waals surface area (Å²) in [5.41, 5.74) is 0.796. The van der Waals surface area contributed by atoms with Gasteiger partial charge in [0.15, 0.2) is 0 Å². The molecule has 6 nitrogen and oxygen atoms in total. The quantitative estimate of drug-likeness (QED) is 0.773. The molecule has 1 aromatic carbocycles. The van der Waals surface area contributed by atoms with Gasteiger partial charge in [-0.3, -0.25) is 0 Å². The van der Waals surface area contributed by atoms with E-state index in [2.05, 4.69) is 0 Å². The van der Waals surface area contributed by atoms with Crippen LogP contribution in [-0.2, 0) is 20.0 Å². The first-order valence-electron chi connectivity index (χ1n) is 7.66. The number of rotatable bonds is 5. The van der Waals surface area contributed by atoms with E-state index in [1.807, 2.05) is 30.3 Å². The first-order chi connectivity index (χ1) is 11.9. The van der Waals surface area contributed by atoms with E-state index in [0.717, 1.165) is 16.9 Å². The highest BCUT2D eigenvalue weighted by Crippen LogP contribution is 2.23. The first-order valence-corrected chi connectivity index (χ1v) is 11.5. The highest BCUT2D eigenvalue weighted by molar-refractivity contribution is 7.92. The first kappa shape index (κ1) is 18.3. The monoisotopic (exact) mass is 398 g/mol. The fourth-order valence-corrected chi connectivity index (χ4v) is 6.26. The lowest BCUT2D eigenvalue weighted by Crippen LogP contribution is -2.49. The van der Waals surface area contributed by atoms with E-state index in [1.165, 1.54) is 14.0 Å². The van der Waals surface area contributed by atoms with Gasteiger partial charge in [0.1, 0.15) is 4.21 Å². The number of thiophene rings is 1. The van der Waals surface area contributed by atoms with E-state index in [4.69, 9.17) is 0 Å². The van der Waals surface area contributed by atoms with Crippen molar-refractivity contribution in [2.24, 2.45) is 0 Å². The topological polar surface area (TPSA) is 74.8 Å². The van der Waals surface area contributed by atoms with Gasteiger partial charge in [0.05, 0.1) is 0 Å². The molecule has 2 heterocycles. The number of sulfonamides is 2. The molecule has 9 heteroatoms. The normalized spacial score (nSPS) is 17.9. The number of piperazine rings is 1. The molecule has 1 saturated heterocycles. The van der Waals surface area contributed by atoms with E-state index in [-0.39, 0.29) is 30.4 Å². The molecule has 0 bridgehead atoms. The maximum Gasteiger partial charge on any atom is 0.252 e. The van der Waals surface area contributed by atoms with Gasteiger partial charge >= 0.3 is 0 Å². The smallest absolute Gasteiger partial charge is 0.208 e. The van der Waals surface area contributed by atoms with Gasteiger partial charge in [0, 0.05) is 31.6 Å². The van der Waals surface area contributed by atoms with Gasteiger partial charge in [-0.05, 0) is 23.1 Å². The van der Waals surface area contributed by atoms with Gasteiger partial charge in [-0.2, -0.15) is 8.61 Å². The predicted molar refractivity (Wildman–Crippen MR) is 99.0 cm³/mol. The molecule has 1 aliphatic rings. The molecule has 1 aliphatic heterocycles. The number of nitrogens with zero attached hydrogens (tertiary/aromatic N) is 2. The molecule has 0 unspecified atom stereocenters. The van der Waals surface area contributed by atoms with Crippen molar-refractivity contribution in [1.82, 2.24) is 8.61 Å². The van der Waals surface area contributed by atoms with E-state index < -0.39 is 20.0 Å². The molecule has 3 rings (SSSR count). The number of benzene rings is 1. The molecule has 0 radical (unpaired) electrons. The largest absolute Gasteiger partial charge is 0.252 e. The van der Waals surface area contributed by atoms with Crippen LogP contribution in [-0.4, -0.2) is 51.6 Å². The van der Waals surface area contributed by atoms with Gasteiger partial charge in [0.2, 0.25) is 10.0 Å². The lowest BCUT2D eigenvalue weighted by molar-refractivity contribution is 0.275. The van der Waals surface area contributed by atoms with Crippen molar-refractivity contribution in [2.45, 2.75) is 4.21 Å². The minimum Gasteiger partial charge on any atom is -0.208 e. The van der Waals surface area contributed by atoms with Crippen molar-refractivity contribution in [3.63, 3.8) is 0 Å². The Morgan fingerprint density at radius 1 is 0.840 bits per heavy atom. The summed E-state index contributed by atoms with van der Waals surface area (Å²) in [5.74, 6) is 0. The lowest BCUT2D eigenvalue weighted by atomic mass is 10.2. The Kier molecular flexibility index (Phi) is 5.40. The minimum absolute atomic E-state index is 0.145. The highest BCUT2D eigenvalue weighted by atomic mass is 32.2. The Labute approximate surface area is 152 Å². The van der Waals surface area contributed by atoms with Crippen molar-refractivity contribution in [1.29, 1.82) is 0 Å². The standard InChI is InChI=1S/C16H18N2O4S3/c19-24(20,14-8-15-5-2-1-3-6-15)17-9-11-18(12-10-17)25(21,22)16-7-4-13-23-16/h1-8,13-14H,9-12H2/b14-8+. The summed E-state index contributed by atoms with van der Waals surface area (Å²) in [7, 11) is -7.10. The molecule has 0 N–H and O–H groups in total. The third-order valence-corrected chi connectivity index (χ3v) is 8.72. The molecule has 25 heavy (non-hydrogen) atoms. The highest BCUT2D eigenvalue weighted by Gasteiger charge is 2.32. The van der Waals surface area contributed by atoms with Crippen LogP contribution in [0.2, 0.25) is 0 Å². The van der Waals surface area contributed by atoms with Gasteiger partial charge in [-0.25, -0.2) is 16.8 Å². The second kappa shape index (κ2) is 7.38. The molecule has 134 valence electrons. The number of hydrogen-bond donors (Lipinski definition) is 0. The SMILES string of the molecule is O=S(=O)(/C=C/c1ccccc1)N1CCN(S(=O)(=O)c2cccs2)CC1. The van der Waals surface area contributed by atoms with Crippen molar-refractivity contribution in [3.05, 3.63) is 58.8 Å². The molecule has 0 spiro atoms. The summed E-state index contributed by atoms with van der Waals surface area (Å²) in [6.07, 6.45) is 1.55. The molecule has 0 aliphatic carbocycles. The molecule has 0 amide bonds.